The Bertz CT molecular complexity index is 1150. The molecule has 146 valence electrons. The van der Waals surface area contributed by atoms with E-state index >= 15 is 0 Å². The van der Waals surface area contributed by atoms with Gasteiger partial charge in [-0.1, -0.05) is 6.07 Å². The molecule has 1 aromatic heterocycles. The Hall–Kier alpha value is -2.82. The smallest absolute Gasteiger partial charge is 0.446 e. The fraction of sp³-hybridized carbons (Fsp3) is 0.167. The van der Waals surface area contributed by atoms with Gasteiger partial charge in [0.25, 0.3) is 0 Å². The standard InChI is InChI=1S/C18H15NO7S2/c1-10-5-12(7-16-18(10)25-9-24-16)17-13(8-27-19-17)11-3-4-14(23-2)15(6-11)26-28(20,21)22/h3-8H,9H2,1-2H3,(H,20,21,22). The van der Waals surface area contributed by atoms with Crippen LogP contribution in [0.5, 0.6) is 23.0 Å². The fourth-order valence-electron chi connectivity index (χ4n) is 2.99. The minimum Gasteiger partial charge on any atom is -0.493 e. The maximum Gasteiger partial charge on any atom is 0.446 e. The molecule has 3 aromatic rings. The highest BCUT2D eigenvalue weighted by Crippen LogP contribution is 2.43. The number of nitrogens with zero attached hydrogens (tertiary/aromatic N) is 1. The van der Waals surface area contributed by atoms with Crippen LogP contribution < -0.4 is 18.4 Å². The van der Waals surface area contributed by atoms with Crippen molar-refractivity contribution in [2.24, 2.45) is 0 Å². The van der Waals surface area contributed by atoms with E-state index < -0.39 is 10.4 Å². The van der Waals surface area contributed by atoms with Gasteiger partial charge < -0.3 is 18.4 Å². The van der Waals surface area contributed by atoms with Crippen molar-refractivity contribution in [2.75, 3.05) is 13.9 Å². The predicted molar refractivity (Wildman–Crippen MR) is 103 cm³/mol. The van der Waals surface area contributed by atoms with Crippen molar-refractivity contribution in [1.29, 1.82) is 0 Å². The van der Waals surface area contributed by atoms with E-state index in [-0.39, 0.29) is 18.3 Å². The molecule has 1 N–H and O–H groups in total. The van der Waals surface area contributed by atoms with Crippen LogP contribution in [0.4, 0.5) is 0 Å². The third kappa shape index (κ3) is 3.49. The van der Waals surface area contributed by atoms with E-state index in [0.29, 0.717) is 22.8 Å². The van der Waals surface area contributed by atoms with Crippen molar-refractivity contribution in [1.82, 2.24) is 4.37 Å². The summed E-state index contributed by atoms with van der Waals surface area (Å²) in [4.78, 5) is 0. The number of ether oxygens (including phenoxy) is 3. The number of methoxy groups -OCH3 is 1. The number of hydrogen-bond donors (Lipinski definition) is 1. The minimum absolute atomic E-state index is 0.124. The Morgan fingerprint density at radius 2 is 1.96 bits per heavy atom. The summed E-state index contributed by atoms with van der Waals surface area (Å²) < 4.78 is 56.5. The molecule has 1 aliphatic rings. The molecule has 2 aromatic carbocycles. The average Bonchev–Trinajstić information content (AvgIpc) is 3.29. The van der Waals surface area contributed by atoms with Crippen LogP contribution in [0.25, 0.3) is 22.4 Å². The molecule has 4 rings (SSSR count). The molecule has 0 spiro atoms. The second-order valence-corrected chi connectivity index (χ2v) is 7.63. The van der Waals surface area contributed by atoms with Gasteiger partial charge in [-0.2, -0.15) is 12.8 Å². The summed E-state index contributed by atoms with van der Waals surface area (Å²) in [5, 5.41) is 1.84. The monoisotopic (exact) mass is 421 g/mol. The van der Waals surface area contributed by atoms with E-state index in [1.165, 1.54) is 24.7 Å². The van der Waals surface area contributed by atoms with Crippen molar-refractivity contribution in [3.05, 3.63) is 41.3 Å². The van der Waals surface area contributed by atoms with Crippen LogP contribution in [-0.2, 0) is 10.4 Å². The number of hydrogen-bond acceptors (Lipinski definition) is 8. The van der Waals surface area contributed by atoms with Crippen LogP contribution in [-0.4, -0.2) is 31.2 Å². The van der Waals surface area contributed by atoms with E-state index in [1.54, 1.807) is 12.1 Å². The summed E-state index contributed by atoms with van der Waals surface area (Å²) in [5.74, 6) is 1.42. The summed E-state index contributed by atoms with van der Waals surface area (Å²) in [5.41, 5.74) is 3.89. The third-order valence-corrected chi connectivity index (χ3v) is 5.19. The molecule has 0 fully saturated rings. The lowest BCUT2D eigenvalue weighted by atomic mass is 9.99. The SMILES string of the molecule is COc1ccc(-c2csnc2-c2cc(C)c3c(c2)OCO3)cc1OS(=O)(=O)O. The molecule has 1 aliphatic heterocycles. The summed E-state index contributed by atoms with van der Waals surface area (Å²) in [6.45, 7) is 2.10. The van der Waals surface area contributed by atoms with Gasteiger partial charge in [0.05, 0.1) is 12.8 Å². The average molecular weight is 421 g/mol. The van der Waals surface area contributed by atoms with Crippen molar-refractivity contribution < 1.29 is 31.4 Å². The van der Waals surface area contributed by atoms with Gasteiger partial charge in [-0.15, -0.1) is 0 Å². The molecule has 0 bridgehead atoms. The number of fused-ring (bicyclic) bond motifs is 1. The highest BCUT2D eigenvalue weighted by atomic mass is 32.3. The van der Waals surface area contributed by atoms with E-state index in [9.17, 15) is 8.42 Å². The first-order valence-corrected chi connectivity index (χ1v) is 10.3. The third-order valence-electron chi connectivity index (χ3n) is 4.17. The Kier molecular flexibility index (Phi) is 4.61. The van der Waals surface area contributed by atoms with Gasteiger partial charge in [0.2, 0.25) is 6.79 Å². The Morgan fingerprint density at radius 1 is 1.14 bits per heavy atom. The van der Waals surface area contributed by atoms with Gasteiger partial charge in [0, 0.05) is 16.5 Å². The van der Waals surface area contributed by atoms with Crippen LogP contribution in [0.2, 0.25) is 0 Å². The Balaban J connectivity index is 1.80. The molecule has 0 saturated carbocycles. The maximum atomic E-state index is 11.1. The molecular weight excluding hydrogens is 406 g/mol. The van der Waals surface area contributed by atoms with E-state index in [1.807, 2.05) is 24.4 Å². The highest BCUT2D eigenvalue weighted by molar-refractivity contribution is 7.81. The first-order chi connectivity index (χ1) is 13.4. The maximum absolute atomic E-state index is 11.1. The Labute approximate surface area is 165 Å². The Morgan fingerprint density at radius 3 is 2.71 bits per heavy atom. The zero-order chi connectivity index (χ0) is 19.9. The normalized spacial score (nSPS) is 12.8. The van der Waals surface area contributed by atoms with Crippen LogP contribution in [0.15, 0.2) is 35.7 Å². The largest absolute Gasteiger partial charge is 0.493 e. The van der Waals surface area contributed by atoms with Gasteiger partial charge in [0.15, 0.2) is 23.0 Å². The molecule has 0 saturated heterocycles. The molecule has 0 atom stereocenters. The molecule has 0 unspecified atom stereocenters. The molecule has 10 heteroatoms. The highest BCUT2D eigenvalue weighted by Gasteiger charge is 2.21. The van der Waals surface area contributed by atoms with Gasteiger partial charge in [-0.05, 0) is 53.8 Å². The minimum atomic E-state index is -4.69. The van der Waals surface area contributed by atoms with Crippen LogP contribution in [0, 0.1) is 6.92 Å². The van der Waals surface area contributed by atoms with Crippen molar-refractivity contribution >= 4 is 21.9 Å². The van der Waals surface area contributed by atoms with Crippen LogP contribution in [0.3, 0.4) is 0 Å². The molecule has 2 heterocycles. The first-order valence-electron chi connectivity index (χ1n) is 8.06. The van der Waals surface area contributed by atoms with Gasteiger partial charge >= 0.3 is 10.4 Å². The second-order valence-electron chi connectivity index (χ2n) is 5.98. The zero-order valence-corrected chi connectivity index (χ0v) is 16.5. The second kappa shape index (κ2) is 6.97. The summed E-state index contributed by atoms with van der Waals surface area (Å²) in [6.07, 6.45) is 0. The number of aryl methyl sites for hydroxylation is 1. The summed E-state index contributed by atoms with van der Waals surface area (Å²) in [7, 11) is -3.32. The molecule has 0 aliphatic carbocycles. The van der Waals surface area contributed by atoms with Gasteiger partial charge in [0.1, 0.15) is 0 Å². The molecule has 28 heavy (non-hydrogen) atoms. The van der Waals surface area contributed by atoms with Crippen molar-refractivity contribution in [3.63, 3.8) is 0 Å². The summed E-state index contributed by atoms with van der Waals surface area (Å²) >= 11 is 1.26. The van der Waals surface area contributed by atoms with Crippen molar-refractivity contribution in [3.8, 4) is 45.4 Å². The lowest BCUT2D eigenvalue weighted by Crippen LogP contribution is -2.07. The van der Waals surface area contributed by atoms with E-state index in [4.69, 9.17) is 18.8 Å². The first kappa shape index (κ1) is 18.5. The predicted octanol–water partition coefficient (Wildman–Crippen LogP) is 3.70. The quantitative estimate of drug-likeness (QED) is 0.622. The van der Waals surface area contributed by atoms with Crippen LogP contribution >= 0.6 is 11.5 Å². The molecule has 0 radical (unpaired) electrons. The zero-order valence-electron chi connectivity index (χ0n) is 14.8. The number of rotatable bonds is 5. The summed E-state index contributed by atoms with van der Waals surface area (Å²) in [6, 6.07) is 8.59. The molecular formula is C18H15NO7S2. The van der Waals surface area contributed by atoms with Crippen LogP contribution in [0.1, 0.15) is 5.56 Å². The lowest BCUT2D eigenvalue weighted by Gasteiger charge is -2.11. The topological polar surface area (TPSA) is 104 Å². The molecule has 0 amide bonds. The molecule has 8 nitrogen and oxygen atoms in total. The number of benzene rings is 2. The van der Waals surface area contributed by atoms with Gasteiger partial charge in [-0.25, -0.2) is 0 Å². The lowest BCUT2D eigenvalue weighted by molar-refractivity contribution is 0.173. The van der Waals surface area contributed by atoms with Gasteiger partial charge in [-0.3, -0.25) is 4.55 Å². The fourth-order valence-corrected chi connectivity index (χ4v) is 4.07. The number of aromatic nitrogens is 1. The van der Waals surface area contributed by atoms with E-state index in [0.717, 1.165) is 16.7 Å². The van der Waals surface area contributed by atoms with Crippen molar-refractivity contribution in [2.45, 2.75) is 6.92 Å². The van der Waals surface area contributed by atoms with E-state index in [2.05, 4.69) is 8.56 Å².